The molecule has 1 atom stereocenters. The van der Waals surface area contributed by atoms with E-state index in [-0.39, 0.29) is 11.9 Å². The van der Waals surface area contributed by atoms with Crippen molar-refractivity contribution in [2.45, 2.75) is 141 Å². The van der Waals surface area contributed by atoms with Gasteiger partial charge in [0.15, 0.2) is 0 Å². The molecule has 206 valence electrons. The smallest absolute Gasteiger partial charge is 0.306 e. The molecule has 0 aliphatic carbocycles. The Labute approximate surface area is 217 Å². The second-order valence-electron chi connectivity index (χ2n) is 10.2. The van der Waals surface area contributed by atoms with Crippen molar-refractivity contribution >= 4 is 11.9 Å². The van der Waals surface area contributed by atoms with E-state index in [1.807, 2.05) is 6.08 Å². The molecule has 0 aromatic carbocycles. The van der Waals surface area contributed by atoms with Crippen LogP contribution in [0.1, 0.15) is 135 Å². The van der Waals surface area contributed by atoms with Crippen LogP contribution in [0.25, 0.3) is 0 Å². The molecule has 0 heterocycles. The van der Waals surface area contributed by atoms with E-state index in [1.165, 1.54) is 90.6 Å². The number of carbonyl (C=O) groups excluding carboxylic acids is 2. The molecule has 0 aliphatic rings. The first-order valence-electron chi connectivity index (χ1n) is 14.5. The van der Waals surface area contributed by atoms with E-state index in [2.05, 4.69) is 36.7 Å². The van der Waals surface area contributed by atoms with Crippen LogP contribution in [0.3, 0.4) is 0 Å². The summed E-state index contributed by atoms with van der Waals surface area (Å²) in [6.45, 7) is 2.65. The second-order valence-corrected chi connectivity index (χ2v) is 10.2. The first-order valence-corrected chi connectivity index (χ1v) is 14.5. The monoisotopic (exact) mass is 495 g/mol. The number of allylic oxidation sites excluding steroid dienone is 1. The highest BCUT2D eigenvalue weighted by atomic mass is 16.5. The summed E-state index contributed by atoms with van der Waals surface area (Å²) in [5.41, 5.74) is 0. The number of unbranched alkanes of at least 4 members (excludes halogenated alkanes) is 13. The largest absolute Gasteiger partial charge is 0.469 e. The van der Waals surface area contributed by atoms with Gasteiger partial charge in [0.1, 0.15) is 6.61 Å². The van der Waals surface area contributed by atoms with Crippen LogP contribution in [0, 0.1) is 0 Å². The zero-order chi connectivity index (χ0) is 26.0. The molecule has 0 bridgehead atoms. The van der Waals surface area contributed by atoms with Crippen molar-refractivity contribution in [2.24, 2.45) is 0 Å². The molecule has 5 heteroatoms. The fourth-order valence-corrected chi connectivity index (χ4v) is 4.39. The minimum atomic E-state index is -0.0908. The van der Waals surface area contributed by atoms with Gasteiger partial charge in [-0.2, -0.15) is 0 Å². The maximum Gasteiger partial charge on any atom is 0.306 e. The Morgan fingerprint density at radius 1 is 0.686 bits per heavy atom. The molecule has 0 rings (SSSR count). The maximum absolute atomic E-state index is 11.8. The molecule has 0 aliphatic heterocycles. The first kappa shape index (κ1) is 33.6. The van der Waals surface area contributed by atoms with Gasteiger partial charge in [-0.15, -0.1) is 0 Å². The third-order valence-electron chi connectivity index (χ3n) is 6.78. The molecule has 35 heavy (non-hydrogen) atoms. The van der Waals surface area contributed by atoms with E-state index in [4.69, 9.17) is 4.74 Å². The lowest BCUT2D eigenvalue weighted by molar-refractivity contribution is -0.142. The van der Waals surface area contributed by atoms with Gasteiger partial charge in [-0.1, -0.05) is 96.1 Å². The number of esters is 2. The molecular formula is C30H57NO4. The lowest BCUT2D eigenvalue weighted by Crippen LogP contribution is -2.27. The summed E-state index contributed by atoms with van der Waals surface area (Å²) in [7, 11) is 5.85. The molecule has 1 unspecified atom stereocenters. The van der Waals surface area contributed by atoms with Gasteiger partial charge in [0.2, 0.25) is 0 Å². The van der Waals surface area contributed by atoms with E-state index in [0.717, 1.165) is 32.1 Å². The van der Waals surface area contributed by atoms with Crippen LogP contribution in [-0.4, -0.2) is 50.7 Å². The number of carbonyl (C=O) groups is 2. The topological polar surface area (TPSA) is 55.8 Å². The summed E-state index contributed by atoms with van der Waals surface area (Å²) < 4.78 is 9.97. The summed E-state index contributed by atoms with van der Waals surface area (Å²) in [6, 6.07) is 0.672. The Hall–Kier alpha value is -1.36. The van der Waals surface area contributed by atoms with Crippen LogP contribution >= 0.6 is 0 Å². The summed E-state index contributed by atoms with van der Waals surface area (Å²) in [5.74, 6) is -0.148. The van der Waals surface area contributed by atoms with Gasteiger partial charge < -0.3 is 14.4 Å². The quantitative estimate of drug-likeness (QED) is 0.0729. The van der Waals surface area contributed by atoms with Gasteiger partial charge in [-0.05, 0) is 52.6 Å². The molecule has 0 amide bonds. The van der Waals surface area contributed by atoms with Crippen molar-refractivity contribution in [3.8, 4) is 0 Å². The Kier molecular flexibility index (Phi) is 24.7. The normalized spacial score (nSPS) is 12.4. The highest BCUT2D eigenvalue weighted by Crippen LogP contribution is 2.17. The number of nitrogens with zero attached hydrogens (tertiary/aromatic N) is 1. The van der Waals surface area contributed by atoms with E-state index in [0.29, 0.717) is 25.5 Å². The molecule has 0 N–H and O–H groups in total. The minimum absolute atomic E-state index is 0.0575. The summed E-state index contributed by atoms with van der Waals surface area (Å²) in [5, 5.41) is 0. The SMILES string of the molecule is CCCCCCC=CCOC(=O)CCCCCCCCC(CCCCCCCC(=O)OC)N(C)C. The summed E-state index contributed by atoms with van der Waals surface area (Å²) in [6.07, 6.45) is 26.9. The fourth-order valence-electron chi connectivity index (χ4n) is 4.39. The second kappa shape index (κ2) is 25.7. The highest BCUT2D eigenvalue weighted by Gasteiger charge is 2.10. The average Bonchev–Trinajstić information content (AvgIpc) is 2.84. The van der Waals surface area contributed by atoms with Crippen LogP contribution < -0.4 is 0 Å². The molecule has 0 fully saturated rings. The van der Waals surface area contributed by atoms with Gasteiger partial charge in [-0.25, -0.2) is 0 Å². The Morgan fingerprint density at radius 3 is 1.74 bits per heavy atom. The molecule has 0 radical (unpaired) electrons. The molecular weight excluding hydrogens is 438 g/mol. The van der Waals surface area contributed by atoms with Crippen LogP contribution in [0.5, 0.6) is 0 Å². The van der Waals surface area contributed by atoms with Gasteiger partial charge >= 0.3 is 11.9 Å². The Morgan fingerprint density at radius 2 is 1.20 bits per heavy atom. The van der Waals surface area contributed by atoms with Crippen molar-refractivity contribution in [2.75, 3.05) is 27.8 Å². The standard InChI is InChI=1S/C30H57NO4/c1-5-6-7-8-11-17-22-27-35-30(33)26-21-15-10-9-13-18-23-28(31(2)3)24-19-14-12-16-20-25-29(32)34-4/h17,22,28H,5-16,18-21,23-27H2,1-4H3. The van der Waals surface area contributed by atoms with Crippen molar-refractivity contribution in [3.63, 3.8) is 0 Å². The molecule has 0 saturated carbocycles. The third kappa shape index (κ3) is 24.1. The number of ether oxygens (including phenoxy) is 2. The van der Waals surface area contributed by atoms with E-state index >= 15 is 0 Å². The summed E-state index contributed by atoms with van der Waals surface area (Å²) in [4.78, 5) is 25.3. The van der Waals surface area contributed by atoms with Gasteiger partial charge in [0.25, 0.3) is 0 Å². The van der Waals surface area contributed by atoms with Crippen LogP contribution in [0.15, 0.2) is 12.2 Å². The van der Waals surface area contributed by atoms with Crippen molar-refractivity contribution in [3.05, 3.63) is 12.2 Å². The predicted octanol–water partition coefficient (Wildman–Crippen LogP) is 8.01. The lowest BCUT2D eigenvalue weighted by atomic mass is 9.99. The van der Waals surface area contributed by atoms with Gasteiger partial charge in [0, 0.05) is 18.9 Å². The van der Waals surface area contributed by atoms with Crippen LogP contribution in [0.2, 0.25) is 0 Å². The molecule has 0 aromatic heterocycles. The summed E-state index contributed by atoms with van der Waals surface area (Å²) >= 11 is 0. The number of methoxy groups -OCH3 is 1. The van der Waals surface area contributed by atoms with Crippen molar-refractivity contribution in [1.29, 1.82) is 0 Å². The van der Waals surface area contributed by atoms with Crippen molar-refractivity contribution in [1.82, 2.24) is 4.90 Å². The van der Waals surface area contributed by atoms with E-state index in [1.54, 1.807) is 0 Å². The van der Waals surface area contributed by atoms with Crippen molar-refractivity contribution < 1.29 is 19.1 Å². The zero-order valence-corrected chi connectivity index (χ0v) is 23.7. The molecule has 5 nitrogen and oxygen atoms in total. The van der Waals surface area contributed by atoms with E-state index in [9.17, 15) is 9.59 Å². The Balaban J connectivity index is 3.57. The van der Waals surface area contributed by atoms with E-state index < -0.39 is 0 Å². The highest BCUT2D eigenvalue weighted by molar-refractivity contribution is 5.69. The number of rotatable bonds is 25. The third-order valence-corrected chi connectivity index (χ3v) is 6.78. The molecule has 0 saturated heterocycles. The minimum Gasteiger partial charge on any atom is -0.469 e. The molecule has 0 spiro atoms. The molecule has 0 aromatic rings. The van der Waals surface area contributed by atoms with Crippen LogP contribution in [-0.2, 0) is 19.1 Å². The van der Waals surface area contributed by atoms with Crippen LogP contribution in [0.4, 0.5) is 0 Å². The Bertz CT molecular complexity index is 518. The number of hydrogen-bond acceptors (Lipinski definition) is 5. The zero-order valence-electron chi connectivity index (χ0n) is 23.7. The maximum atomic E-state index is 11.8. The van der Waals surface area contributed by atoms with Gasteiger partial charge in [0.05, 0.1) is 7.11 Å². The lowest BCUT2D eigenvalue weighted by Gasteiger charge is -2.24. The number of hydrogen-bond donors (Lipinski definition) is 0. The first-order chi connectivity index (χ1) is 17.0. The predicted molar refractivity (Wildman–Crippen MR) is 148 cm³/mol. The average molecular weight is 496 g/mol. The van der Waals surface area contributed by atoms with Gasteiger partial charge in [-0.3, -0.25) is 9.59 Å². The fraction of sp³-hybridized carbons (Fsp3) is 0.867.